The summed E-state index contributed by atoms with van der Waals surface area (Å²) in [5, 5.41) is 26.7. The minimum atomic E-state index is -0.778. The normalized spacial score (nSPS) is 10.4. The van der Waals surface area contributed by atoms with Crippen molar-refractivity contribution < 1.29 is 14.6 Å². The number of rotatable bonds is 5. The fraction of sp³-hybridized carbons (Fsp3) is 0.0588. The van der Waals surface area contributed by atoms with Gasteiger partial charge in [0.05, 0.1) is 27.2 Å². The van der Waals surface area contributed by atoms with Crippen molar-refractivity contribution in [1.29, 1.82) is 0 Å². The van der Waals surface area contributed by atoms with Crippen LogP contribution in [0.3, 0.4) is 0 Å². The summed E-state index contributed by atoms with van der Waals surface area (Å²) in [7, 11) is 0. The molecule has 0 aliphatic rings. The zero-order valence-electron chi connectivity index (χ0n) is 13.9. The van der Waals surface area contributed by atoms with Gasteiger partial charge in [-0.25, -0.2) is 4.98 Å². The Kier molecular flexibility index (Phi) is 4.90. The summed E-state index contributed by atoms with van der Waals surface area (Å²) in [6.07, 6.45) is 0. The molecule has 136 valence electrons. The third-order valence-corrected chi connectivity index (χ3v) is 4.57. The molecule has 1 amide bonds. The summed E-state index contributed by atoms with van der Waals surface area (Å²) < 4.78 is 0. The van der Waals surface area contributed by atoms with Crippen LogP contribution in [0.1, 0.15) is 15.9 Å². The van der Waals surface area contributed by atoms with E-state index >= 15 is 0 Å². The number of anilines is 1. The number of benzene rings is 2. The molecule has 0 aliphatic heterocycles. The van der Waals surface area contributed by atoms with Gasteiger partial charge in [0, 0.05) is 22.6 Å². The lowest BCUT2D eigenvalue weighted by Crippen LogP contribution is -2.14. The third kappa shape index (κ3) is 3.80. The van der Waals surface area contributed by atoms with Crippen molar-refractivity contribution >= 4 is 33.8 Å². The molecule has 1 heterocycles. The van der Waals surface area contributed by atoms with Gasteiger partial charge in [-0.3, -0.25) is 30.3 Å². The fourth-order valence-electron chi connectivity index (χ4n) is 2.45. The molecule has 0 radical (unpaired) electrons. The predicted octanol–water partition coefficient (Wildman–Crippen LogP) is 4.19. The van der Waals surface area contributed by atoms with Crippen molar-refractivity contribution in [2.45, 2.75) is 6.92 Å². The first-order valence-corrected chi connectivity index (χ1v) is 8.50. The minimum absolute atomic E-state index is 0.0444. The summed E-state index contributed by atoms with van der Waals surface area (Å²) >= 11 is 1.18. The Morgan fingerprint density at radius 3 is 2.44 bits per heavy atom. The highest BCUT2D eigenvalue weighted by Gasteiger charge is 2.25. The van der Waals surface area contributed by atoms with Crippen molar-refractivity contribution in [3.05, 3.63) is 79.2 Å². The second-order valence-corrected chi connectivity index (χ2v) is 6.37. The van der Waals surface area contributed by atoms with Crippen LogP contribution in [0.25, 0.3) is 11.3 Å². The van der Waals surface area contributed by atoms with Crippen molar-refractivity contribution in [1.82, 2.24) is 4.98 Å². The van der Waals surface area contributed by atoms with Crippen molar-refractivity contribution in [2.24, 2.45) is 0 Å². The number of nitrogens with zero attached hydrogens (tertiary/aromatic N) is 3. The van der Waals surface area contributed by atoms with Gasteiger partial charge in [0.15, 0.2) is 5.13 Å². The molecule has 3 rings (SSSR count). The van der Waals surface area contributed by atoms with Crippen LogP contribution in [0.15, 0.2) is 47.8 Å². The van der Waals surface area contributed by atoms with Crippen LogP contribution in [0.4, 0.5) is 16.5 Å². The van der Waals surface area contributed by atoms with Gasteiger partial charge in [-0.1, -0.05) is 30.3 Å². The average Bonchev–Trinajstić information content (AvgIpc) is 3.10. The summed E-state index contributed by atoms with van der Waals surface area (Å²) in [5.74, 6) is -0.701. The highest BCUT2D eigenvalue weighted by atomic mass is 32.1. The first-order chi connectivity index (χ1) is 12.9. The van der Waals surface area contributed by atoms with Crippen molar-refractivity contribution in [2.75, 3.05) is 5.32 Å². The smallest absolute Gasteiger partial charge is 0.279 e. The molecular formula is C17H12N4O5S. The van der Waals surface area contributed by atoms with E-state index in [1.165, 1.54) is 18.3 Å². The van der Waals surface area contributed by atoms with Gasteiger partial charge in [-0.15, -0.1) is 11.3 Å². The summed E-state index contributed by atoms with van der Waals surface area (Å²) in [4.78, 5) is 37.5. The molecule has 0 fully saturated rings. The number of nitro benzene ring substituents is 2. The lowest BCUT2D eigenvalue weighted by atomic mass is 10.0. The molecule has 3 aromatic rings. The maximum Gasteiger partial charge on any atom is 0.279 e. The molecule has 0 saturated heterocycles. The highest BCUT2D eigenvalue weighted by molar-refractivity contribution is 7.14. The Labute approximate surface area is 156 Å². The Balaban J connectivity index is 1.92. The van der Waals surface area contributed by atoms with E-state index in [1.807, 2.05) is 30.3 Å². The van der Waals surface area contributed by atoms with Gasteiger partial charge in [0.1, 0.15) is 0 Å². The molecule has 0 atom stereocenters. The van der Waals surface area contributed by atoms with E-state index < -0.39 is 27.1 Å². The number of hydrogen-bond acceptors (Lipinski definition) is 7. The van der Waals surface area contributed by atoms with Gasteiger partial charge in [0.25, 0.3) is 17.3 Å². The van der Waals surface area contributed by atoms with E-state index in [4.69, 9.17) is 0 Å². The van der Waals surface area contributed by atoms with Crippen LogP contribution in [0, 0.1) is 27.2 Å². The number of nitrogens with one attached hydrogen (secondary N) is 1. The number of amides is 1. The average molecular weight is 384 g/mol. The number of thiazole rings is 1. The van der Waals surface area contributed by atoms with E-state index in [9.17, 15) is 25.0 Å². The van der Waals surface area contributed by atoms with E-state index in [1.54, 1.807) is 5.38 Å². The number of carbonyl (C=O) groups is 1. The second kappa shape index (κ2) is 7.30. The van der Waals surface area contributed by atoms with Crippen molar-refractivity contribution in [3.63, 3.8) is 0 Å². The molecular weight excluding hydrogens is 372 g/mol. The predicted molar refractivity (Wildman–Crippen MR) is 100.0 cm³/mol. The van der Waals surface area contributed by atoms with E-state index in [-0.39, 0.29) is 16.3 Å². The van der Waals surface area contributed by atoms with E-state index in [0.29, 0.717) is 5.69 Å². The van der Waals surface area contributed by atoms with Crippen molar-refractivity contribution in [3.8, 4) is 11.3 Å². The minimum Gasteiger partial charge on any atom is -0.298 e. The van der Waals surface area contributed by atoms with Gasteiger partial charge in [-0.05, 0) is 6.92 Å². The zero-order chi connectivity index (χ0) is 19.6. The SMILES string of the molecule is Cc1c(C(=O)Nc2nc(-c3ccccc3)cs2)cc([N+](=O)[O-])cc1[N+](=O)[O-]. The molecule has 0 saturated carbocycles. The topological polar surface area (TPSA) is 128 Å². The largest absolute Gasteiger partial charge is 0.298 e. The van der Waals surface area contributed by atoms with E-state index in [2.05, 4.69) is 10.3 Å². The first kappa shape index (κ1) is 18.1. The van der Waals surface area contributed by atoms with Gasteiger partial charge < -0.3 is 0 Å². The standard InChI is InChI=1S/C17H12N4O5S/c1-10-13(7-12(20(23)24)8-15(10)21(25)26)16(22)19-17-18-14(9-27-17)11-5-3-2-4-6-11/h2-9H,1H3,(H,18,19,22). The van der Waals surface area contributed by atoms with Crippen LogP contribution in [0.5, 0.6) is 0 Å². The number of aromatic nitrogens is 1. The number of nitro groups is 2. The highest BCUT2D eigenvalue weighted by Crippen LogP contribution is 2.30. The number of non-ortho nitro benzene ring substituents is 1. The van der Waals surface area contributed by atoms with Crippen LogP contribution in [0.2, 0.25) is 0 Å². The lowest BCUT2D eigenvalue weighted by Gasteiger charge is -2.06. The van der Waals surface area contributed by atoms with Gasteiger partial charge in [0.2, 0.25) is 0 Å². The molecule has 1 N–H and O–H groups in total. The Bertz CT molecular complexity index is 1050. The first-order valence-electron chi connectivity index (χ1n) is 7.62. The molecule has 1 aromatic heterocycles. The molecule has 0 aliphatic carbocycles. The zero-order valence-corrected chi connectivity index (χ0v) is 14.7. The summed E-state index contributed by atoms with van der Waals surface area (Å²) in [6.45, 7) is 1.37. The molecule has 10 heteroatoms. The van der Waals surface area contributed by atoms with Crippen LogP contribution in [-0.2, 0) is 0 Å². The third-order valence-electron chi connectivity index (χ3n) is 3.81. The molecule has 0 bridgehead atoms. The maximum atomic E-state index is 12.5. The summed E-state index contributed by atoms with van der Waals surface area (Å²) in [5.41, 5.74) is 0.421. The molecule has 0 unspecified atom stereocenters. The molecule has 2 aromatic carbocycles. The molecule has 27 heavy (non-hydrogen) atoms. The molecule has 0 spiro atoms. The number of hydrogen-bond donors (Lipinski definition) is 1. The number of carbonyl (C=O) groups excluding carboxylic acids is 1. The lowest BCUT2D eigenvalue weighted by molar-refractivity contribution is -0.394. The Hall–Kier alpha value is -3.66. The Morgan fingerprint density at radius 2 is 1.81 bits per heavy atom. The van der Waals surface area contributed by atoms with Crippen LogP contribution < -0.4 is 5.32 Å². The van der Waals surface area contributed by atoms with Gasteiger partial charge >= 0.3 is 0 Å². The quantitative estimate of drug-likeness (QED) is 0.519. The van der Waals surface area contributed by atoms with Crippen LogP contribution >= 0.6 is 11.3 Å². The van der Waals surface area contributed by atoms with Crippen LogP contribution in [-0.4, -0.2) is 20.7 Å². The van der Waals surface area contributed by atoms with Gasteiger partial charge in [-0.2, -0.15) is 0 Å². The fourth-order valence-corrected chi connectivity index (χ4v) is 3.17. The Morgan fingerprint density at radius 1 is 1.11 bits per heavy atom. The van der Waals surface area contributed by atoms with E-state index in [0.717, 1.165) is 17.7 Å². The second-order valence-electron chi connectivity index (χ2n) is 5.51. The maximum absolute atomic E-state index is 12.5. The monoisotopic (exact) mass is 384 g/mol. The molecule has 9 nitrogen and oxygen atoms in total. The summed E-state index contributed by atoms with van der Waals surface area (Å²) in [6, 6.07) is 11.2.